The van der Waals surface area contributed by atoms with Crippen LogP contribution in [0.5, 0.6) is 34.5 Å². The summed E-state index contributed by atoms with van der Waals surface area (Å²) in [6, 6.07) is 34.0. The Bertz CT molecular complexity index is 2780. The van der Waals surface area contributed by atoms with Crippen LogP contribution in [-0.4, -0.2) is 39.6 Å². The lowest BCUT2D eigenvalue weighted by Gasteiger charge is -2.20. The van der Waals surface area contributed by atoms with Gasteiger partial charge in [0.1, 0.15) is 34.5 Å². The zero-order valence-corrected chi connectivity index (χ0v) is 49.8. The fourth-order valence-corrected chi connectivity index (χ4v) is 10.4. The minimum Gasteiger partial charge on any atom is -0.493 e. The quantitative estimate of drug-likeness (QED) is 0.0213. The molecular weight excluding hydrogens is 989 g/mol. The molecule has 0 spiro atoms. The van der Waals surface area contributed by atoms with Gasteiger partial charge >= 0.3 is 0 Å². The van der Waals surface area contributed by atoms with Crippen molar-refractivity contribution in [2.75, 3.05) is 39.6 Å². The van der Waals surface area contributed by atoms with Crippen LogP contribution in [0.25, 0.3) is 55.6 Å². The first-order valence-electron chi connectivity index (χ1n) is 31.2. The highest BCUT2D eigenvalue weighted by Gasteiger charge is 2.23. The van der Waals surface area contributed by atoms with Gasteiger partial charge in [-0.1, -0.05) is 206 Å². The van der Waals surface area contributed by atoms with E-state index in [0.29, 0.717) is 73.4 Å². The number of fused-ring (bicyclic) bond motifs is 3. The first-order chi connectivity index (χ1) is 39.5. The molecule has 0 unspecified atom stereocenters. The van der Waals surface area contributed by atoms with Gasteiger partial charge in [-0.15, -0.1) is 0 Å². The second-order valence-electron chi connectivity index (χ2n) is 21.5. The molecule has 0 saturated carbocycles. The molecule has 0 bridgehead atoms. The van der Waals surface area contributed by atoms with E-state index in [2.05, 4.69) is 90.1 Å². The predicted molar refractivity (Wildman–Crippen MR) is 337 cm³/mol. The molecular formula is C72H94N2O6. The number of benzene rings is 6. The Hall–Kier alpha value is -6.64. The van der Waals surface area contributed by atoms with Gasteiger partial charge in [0.2, 0.25) is 0 Å². The number of unbranched alkanes of at least 4 members (excludes halogenated alkanes) is 18. The Morgan fingerprint density at radius 2 is 0.600 bits per heavy atom. The molecule has 0 atom stereocenters. The van der Waals surface area contributed by atoms with Crippen molar-refractivity contribution in [2.45, 2.75) is 196 Å². The molecule has 0 amide bonds. The van der Waals surface area contributed by atoms with E-state index >= 15 is 0 Å². The van der Waals surface area contributed by atoms with Gasteiger partial charge in [0.25, 0.3) is 0 Å². The molecule has 80 heavy (non-hydrogen) atoms. The molecule has 0 aromatic heterocycles. The van der Waals surface area contributed by atoms with Crippen LogP contribution in [0, 0.1) is 22.7 Å². The topological polar surface area (TPSA) is 103 Å². The third-order valence-corrected chi connectivity index (χ3v) is 15.0. The van der Waals surface area contributed by atoms with Crippen LogP contribution >= 0.6 is 0 Å². The highest BCUT2D eigenvalue weighted by atomic mass is 16.5. The van der Waals surface area contributed by atoms with Crippen LogP contribution in [0.1, 0.15) is 218 Å². The molecule has 8 nitrogen and oxygen atoms in total. The van der Waals surface area contributed by atoms with Gasteiger partial charge in [-0.05, 0) is 87.1 Å². The van der Waals surface area contributed by atoms with Crippen molar-refractivity contribution in [2.24, 2.45) is 0 Å². The lowest BCUT2D eigenvalue weighted by atomic mass is 9.93. The Kier molecular flexibility index (Phi) is 28.0. The monoisotopic (exact) mass is 1080 g/mol. The van der Waals surface area contributed by atoms with Crippen molar-refractivity contribution in [3.8, 4) is 46.6 Å². The van der Waals surface area contributed by atoms with E-state index in [-0.39, 0.29) is 0 Å². The van der Waals surface area contributed by atoms with Crippen LogP contribution in [0.4, 0.5) is 0 Å². The largest absolute Gasteiger partial charge is 0.493 e. The van der Waals surface area contributed by atoms with Crippen molar-refractivity contribution in [3.63, 3.8) is 0 Å². The Balaban J connectivity index is 1.55. The van der Waals surface area contributed by atoms with Crippen molar-refractivity contribution in [3.05, 3.63) is 107 Å². The van der Waals surface area contributed by atoms with Gasteiger partial charge in [-0.3, -0.25) is 0 Å². The summed E-state index contributed by atoms with van der Waals surface area (Å²) in [6.07, 6.45) is 29.6. The smallest absolute Gasteiger partial charge is 0.135 e. The molecule has 428 valence electrons. The van der Waals surface area contributed by atoms with Crippen molar-refractivity contribution >= 4 is 55.6 Å². The Morgan fingerprint density at radius 3 is 0.900 bits per heavy atom. The average molecular weight is 1080 g/mol. The molecule has 0 aliphatic heterocycles. The summed E-state index contributed by atoms with van der Waals surface area (Å²) < 4.78 is 40.6. The summed E-state index contributed by atoms with van der Waals surface area (Å²) in [5.41, 5.74) is 3.81. The number of nitriles is 2. The van der Waals surface area contributed by atoms with E-state index in [1.165, 1.54) is 12.8 Å². The van der Waals surface area contributed by atoms with E-state index in [0.717, 1.165) is 208 Å². The third-order valence-electron chi connectivity index (χ3n) is 15.0. The number of ether oxygens (including phenoxy) is 6. The van der Waals surface area contributed by atoms with Gasteiger partial charge in [0, 0.05) is 54.6 Å². The second-order valence-corrected chi connectivity index (χ2v) is 21.5. The number of hydrogen-bond acceptors (Lipinski definition) is 8. The molecule has 6 rings (SSSR count). The molecule has 8 heteroatoms. The number of nitrogens with zero attached hydrogens (tertiary/aromatic N) is 2. The van der Waals surface area contributed by atoms with Gasteiger partial charge in [-0.25, -0.2) is 0 Å². The maximum Gasteiger partial charge on any atom is 0.135 e. The van der Waals surface area contributed by atoms with Gasteiger partial charge in [0.15, 0.2) is 0 Å². The summed E-state index contributed by atoms with van der Waals surface area (Å²) in [7, 11) is 0. The molecule has 0 heterocycles. The average Bonchev–Trinajstić information content (AvgIpc) is 3.61. The fraction of sp³-hybridized carbons (Fsp3) is 0.500. The minimum absolute atomic E-state index is 0.445. The van der Waals surface area contributed by atoms with Gasteiger partial charge in [-0.2, -0.15) is 10.5 Å². The SMILES string of the molecule is CCCCCCOc1cc(/C=C(\C#N)c2ccc3c(OCCCCCC)c(/C(C#N)=C/c4cc(OCCCCCC)c5ccccc5c4OCCCCCC)ccc3c2OCCCCCC)c(OCCCCCC)c2ccccc12. The number of allylic oxidation sites excluding steroid dienone is 2. The molecule has 0 aliphatic carbocycles. The van der Waals surface area contributed by atoms with E-state index in [1.54, 1.807) is 0 Å². The van der Waals surface area contributed by atoms with Crippen molar-refractivity contribution < 1.29 is 28.4 Å². The van der Waals surface area contributed by atoms with Gasteiger partial charge < -0.3 is 28.4 Å². The molecule has 0 N–H and O–H groups in total. The highest BCUT2D eigenvalue weighted by molar-refractivity contribution is 6.07. The lowest BCUT2D eigenvalue weighted by molar-refractivity contribution is 0.301. The van der Waals surface area contributed by atoms with E-state index in [4.69, 9.17) is 28.4 Å². The molecule has 0 radical (unpaired) electrons. The van der Waals surface area contributed by atoms with Gasteiger partial charge in [0.05, 0.1) is 62.9 Å². The molecule has 0 fully saturated rings. The maximum atomic E-state index is 11.3. The molecule has 6 aromatic rings. The van der Waals surface area contributed by atoms with Crippen molar-refractivity contribution in [1.82, 2.24) is 0 Å². The highest BCUT2D eigenvalue weighted by Crippen LogP contribution is 2.46. The summed E-state index contributed by atoms with van der Waals surface area (Å²) in [5, 5.41) is 28.2. The maximum absolute atomic E-state index is 11.3. The summed E-state index contributed by atoms with van der Waals surface area (Å²) in [5.74, 6) is 4.27. The van der Waals surface area contributed by atoms with Crippen LogP contribution in [0.3, 0.4) is 0 Å². The predicted octanol–water partition coefficient (Wildman–Crippen LogP) is 21.0. The summed E-state index contributed by atoms with van der Waals surface area (Å²) in [6.45, 7) is 16.6. The lowest BCUT2D eigenvalue weighted by Crippen LogP contribution is -2.05. The standard InChI is InChI=1S/C72H94N2O6/c1-7-13-19-29-43-75-67-51-55(69(77-45-31-21-15-9-3)63-37-27-25-35-61(63)67)49-57(53-73)59-39-41-66-65(71(59)79-47-33-23-17-11-5)42-40-60(72(66)80-48-34-24-18-12-6)58(54-74)50-56-52-68(76-44-30-20-14-8-2)62-36-26-28-38-64(62)70(56)78-46-32-22-16-10-4/h25-28,35-42,49-52H,7-24,29-34,43-48H2,1-6H3/b57-49+,58-50+. The van der Waals surface area contributed by atoms with Crippen LogP contribution in [-0.2, 0) is 0 Å². The summed E-state index contributed by atoms with van der Waals surface area (Å²) in [4.78, 5) is 0. The second kappa shape index (κ2) is 35.9. The third kappa shape index (κ3) is 18.2. The van der Waals surface area contributed by atoms with E-state index < -0.39 is 0 Å². The number of hydrogen-bond donors (Lipinski definition) is 0. The van der Waals surface area contributed by atoms with Crippen LogP contribution < -0.4 is 28.4 Å². The van der Waals surface area contributed by atoms with Crippen LogP contribution in [0.2, 0.25) is 0 Å². The Labute approximate surface area is 481 Å². The van der Waals surface area contributed by atoms with E-state index in [9.17, 15) is 10.5 Å². The zero-order valence-electron chi connectivity index (χ0n) is 49.8. The zero-order chi connectivity index (χ0) is 56.6. The number of rotatable bonds is 40. The minimum atomic E-state index is 0.445. The molecule has 0 saturated heterocycles. The Morgan fingerprint density at radius 1 is 0.325 bits per heavy atom. The normalized spacial score (nSPS) is 11.8. The van der Waals surface area contributed by atoms with Crippen molar-refractivity contribution in [1.29, 1.82) is 10.5 Å². The van der Waals surface area contributed by atoms with Crippen LogP contribution in [0.15, 0.2) is 84.9 Å². The first-order valence-corrected chi connectivity index (χ1v) is 31.2. The molecule has 6 aromatic carbocycles. The first kappa shape index (κ1) is 62.6. The molecule has 0 aliphatic rings. The fourth-order valence-electron chi connectivity index (χ4n) is 10.4. The van der Waals surface area contributed by atoms with E-state index in [1.807, 2.05) is 60.7 Å². The summed E-state index contributed by atoms with van der Waals surface area (Å²) >= 11 is 0.